The Morgan fingerprint density at radius 2 is 1.91 bits per heavy atom. The van der Waals surface area contributed by atoms with E-state index in [2.05, 4.69) is 22.3 Å². The molecule has 0 fully saturated rings. The summed E-state index contributed by atoms with van der Waals surface area (Å²) in [7, 11) is 0. The van der Waals surface area contributed by atoms with Crippen molar-refractivity contribution < 1.29 is 9.18 Å². The van der Waals surface area contributed by atoms with E-state index in [-0.39, 0.29) is 23.7 Å². The third kappa shape index (κ3) is 4.94. The lowest BCUT2D eigenvalue weighted by Crippen LogP contribution is -2.28. The molecule has 0 aliphatic carbocycles. The molecule has 0 unspecified atom stereocenters. The van der Waals surface area contributed by atoms with Crippen LogP contribution in [-0.4, -0.2) is 31.6 Å². The topological polar surface area (TPSA) is 81.3 Å². The molecule has 3 aromatic heterocycles. The Morgan fingerprint density at radius 3 is 2.65 bits per heavy atom. The lowest BCUT2D eigenvalue weighted by molar-refractivity contribution is -0.120. The van der Waals surface area contributed by atoms with Crippen LogP contribution < -0.4 is 10.9 Å². The molecule has 0 atom stereocenters. The number of aromatic nitrogens is 4. The summed E-state index contributed by atoms with van der Waals surface area (Å²) in [5, 5.41) is 9.37. The third-order valence-corrected chi connectivity index (χ3v) is 6.60. The Kier molecular flexibility index (Phi) is 7.21. The van der Waals surface area contributed by atoms with Gasteiger partial charge in [0, 0.05) is 23.3 Å². The molecule has 4 aromatic rings. The molecule has 0 aliphatic rings. The standard InChI is InChI=1S/C25H28FN5O2S/c1-4-5-6-7-12-27-22(32)14-20-15-34-25-28-17(3)23(24(33)30(20)25)21-13-16(2)31(29-21)19-10-8-18(26)9-11-19/h8-11,13,15H,4-7,12,14H2,1-3H3,(H,27,32). The predicted octanol–water partition coefficient (Wildman–Crippen LogP) is 4.60. The first-order valence-corrected chi connectivity index (χ1v) is 12.4. The van der Waals surface area contributed by atoms with Crippen molar-refractivity contribution in [1.29, 1.82) is 0 Å². The zero-order chi connectivity index (χ0) is 24.2. The normalized spacial score (nSPS) is 11.3. The number of nitrogens with zero attached hydrogens (tertiary/aromatic N) is 4. The average Bonchev–Trinajstić information content (AvgIpc) is 3.37. The number of carbonyl (C=O) groups is 1. The number of thiazole rings is 1. The van der Waals surface area contributed by atoms with Crippen molar-refractivity contribution in [1.82, 2.24) is 24.5 Å². The lowest BCUT2D eigenvalue weighted by Gasteiger charge is -2.07. The number of benzene rings is 1. The molecule has 178 valence electrons. The third-order valence-electron chi connectivity index (χ3n) is 5.73. The highest BCUT2D eigenvalue weighted by atomic mass is 32.1. The van der Waals surface area contributed by atoms with Crippen LogP contribution in [0.4, 0.5) is 4.39 Å². The second-order valence-corrected chi connectivity index (χ2v) is 9.21. The number of hydrogen-bond acceptors (Lipinski definition) is 5. The molecule has 1 aromatic carbocycles. The van der Waals surface area contributed by atoms with Gasteiger partial charge in [-0.1, -0.05) is 26.2 Å². The fraction of sp³-hybridized carbons (Fsp3) is 0.360. The van der Waals surface area contributed by atoms with Crippen LogP contribution in [0.2, 0.25) is 0 Å². The molecule has 4 rings (SSSR count). The first kappa shape index (κ1) is 23.8. The highest BCUT2D eigenvalue weighted by Crippen LogP contribution is 2.23. The fourth-order valence-corrected chi connectivity index (χ4v) is 4.90. The van der Waals surface area contributed by atoms with Gasteiger partial charge in [-0.3, -0.25) is 14.0 Å². The lowest BCUT2D eigenvalue weighted by atomic mass is 10.1. The van der Waals surface area contributed by atoms with E-state index in [1.54, 1.807) is 23.7 Å². The number of halogens is 1. The minimum Gasteiger partial charge on any atom is -0.356 e. The van der Waals surface area contributed by atoms with Gasteiger partial charge in [0.2, 0.25) is 5.91 Å². The largest absolute Gasteiger partial charge is 0.356 e. The number of carbonyl (C=O) groups excluding carboxylic acids is 1. The van der Waals surface area contributed by atoms with Crippen LogP contribution in [0.25, 0.3) is 21.9 Å². The maximum Gasteiger partial charge on any atom is 0.268 e. The highest BCUT2D eigenvalue weighted by molar-refractivity contribution is 7.15. The Balaban J connectivity index is 1.64. The summed E-state index contributed by atoms with van der Waals surface area (Å²) in [5.41, 5.74) is 3.31. The van der Waals surface area contributed by atoms with E-state index in [1.165, 1.54) is 27.9 Å². The molecular formula is C25H28FN5O2S. The van der Waals surface area contributed by atoms with Crippen LogP contribution in [0, 0.1) is 19.7 Å². The molecule has 7 nitrogen and oxygen atoms in total. The smallest absolute Gasteiger partial charge is 0.268 e. The number of hydrogen-bond donors (Lipinski definition) is 1. The number of nitrogens with one attached hydrogen (secondary N) is 1. The molecule has 0 aliphatic heterocycles. The van der Waals surface area contributed by atoms with E-state index in [4.69, 9.17) is 0 Å². The van der Waals surface area contributed by atoms with Crippen molar-refractivity contribution in [3.63, 3.8) is 0 Å². The van der Waals surface area contributed by atoms with Crippen LogP contribution in [0.15, 0.2) is 40.5 Å². The zero-order valence-corrected chi connectivity index (χ0v) is 20.4. The van der Waals surface area contributed by atoms with E-state index < -0.39 is 0 Å². The summed E-state index contributed by atoms with van der Waals surface area (Å²) in [6.45, 7) is 6.44. The molecule has 1 N–H and O–H groups in total. The summed E-state index contributed by atoms with van der Waals surface area (Å²) in [6.07, 6.45) is 4.46. The van der Waals surface area contributed by atoms with Gasteiger partial charge < -0.3 is 5.32 Å². The minimum atomic E-state index is -0.326. The van der Waals surface area contributed by atoms with Gasteiger partial charge in [-0.25, -0.2) is 14.1 Å². The Labute approximate surface area is 201 Å². The average molecular weight is 482 g/mol. The maximum absolute atomic E-state index is 13.5. The molecule has 3 heterocycles. The summed E-state index contributed by atoms with van der Waals surface area (Å²) in [5.74, 6) is -0.436. The van der Waals surface area contributed by atoms with Crippen LogP contribution in [0.1, 0.15) is 49.7 Å². The first-order valence-electron chi connectivity index (χ1n) is 11.5. The second kappa shape index (κ2) is 10.3. The van der Waals surface area contributed by atoms with Gasteiger partial charge in [0.05, 0.1) is 23.4 Å². The van der Waals surface area contributed by atoms with E-state index in [1.807, 2.05) is 18.4 Å². The minimum absolute atomic E-state index is 0.110. The van der Waals surface area contributed by atoms with E-state index in [0.29, 0.717) is 39.8 Å². The first-order chi connectivity index (χ1) is 16.4. The molecule has 0 saturated carbocycles. The Bertz CT molecular complexity index is 1370. The number of amides is 1. The van der Waals surface area contributed by atoms with Gasteiger partial charge in [0.15, 0.2) is 4.96 Å². The molecule has 34 heavy (non-hydrogen) atoms. The molecule has 0 bridgehead atoms. The highest BCUT2D eigenvalue weighted by Gasteiger charge is 2.20. The zero-order valence-electron chi connectivity index (χ0n) is 19.6. The van der Waals surface area contributed by atoms with Gasteiger partial charge >= 0.3 is 0 Å². The van der Waals surface area contributed by atoms with Crippen LogP contribution in [-0.2, 0) is 11.2 Å². The fourth-order valence-electron chi connectivity index (χ4n) is 3.97. The summed E-state index contributed by atoms with van der Waals surface area (Å²) >= 11 is 1.34. The number of aryl methyl sites for hydroxylation is 2. The van der Waals surface area contributed by atoms with Gasteiger partial charge in [-0.05, 0) is 50.6 Å². The van der Waals surface area contributed by atoms with Crippen molar-refractivity contribution in [2.24, 2.45) is 0 Å². The van der Waals surface area contributed by atoms with Crippen molar-refractivity contribution in [3.8, 4) is 16.9 Å². The van der Waals surface area contributed by atoms with Crippen molar-refractivity contribution in [2.45, 2.75) is 52.9 Å². The summed E-state index contributed by atoms with van der Waals surface area (Å²) in [4.78, 5) is 31.2. The summed E-state index contributed by atoms with van der Waals surface area (Å²) < 4.78 is 16.5. The molecule has 0 saturated heterocycles. The van der Waals surface area contributed by atoms with Gasteiger partial charge in [-0.2, -0.15) is 5.10 Å². The van der Waals surface area contributed by atoms with Gasteiger partial charge in [0.1, 0.15) is 11.5 Å². The quantitative estimate of drug-likeness (QED) is 0.354. The Morgan fingerprint density at radius 1 is 1.15 bits per heavy atom. The second-order valence-electron chi connectivity index (χ2n) is 8.37. The number of unbranched alkanes of at least 4 members (excludes halogenated alkanes) is 3. The maximum atomic E-state index is 13.5. The SMILES string of the molecule is CCCCCCNC(=O)Cc1csc2nc(C)c(-c3cc(C)n(-c4ccc(F)cc4)n3)c(=O)n12. The molecule has 0 radical (unpaired) electrons. The van der Waals surface area contributed by atoms with Crippen LogP contribution in [0.3, 0.4) is 0 Å². The Hall–Kier alpha value is -3.33. The molecule has 0 spiro atoms. The van der Waals surface area contributed by atoms with Crippen molar-refractivity contribution in [2.75, 3.05) is 6.54 Å². The van der Waals surface area contributed by atoms with Crippen molar-refractivity contribution in [3.05, 3.63) is 69.0 Å². The molecule has 9 heteroatoms. The van der Waals surface area contributed by atoms with E-state index in [9.17, 15) is 14.0 Å². The molecule has 1 amide bonds. The van der Waals surface area contributed by atoms with E-state index in [0.717, 1.165) is 31.4 Å². The monoisotopic (exact) mass is 481 g/mol. The predicted molar refractivity (Wildman–Crippen MR) is 132 cm³/mol. The van der Waals surface area contributed by atoms with E-state index >= 15 is 0 Å². The summed E-state index contributed by atoms with van der Waals surface area (Å²) in [6, 6.07) is 7.83. The molecular weight excluding hydrogens is 453 g/mol. The van der Waals surface area contributed by atoms with Gasteiger partial charge in [-0.15, -0.1) is 11.3 Å². The number of fused-ring (bicyclic) bond motifs is 1. The van der Waals surface area contributed by atoms with Crippen LogP contribution >= 0.6 is 11.3 Å². The van der Waals surface area contributed by atoms with Gasteiger partial charge in [0.25, 0.3) is 5.56 Å². The number of rotatable bonds is 9. The van der Waals surface area contributed by atoms with Crippen LogP contribution in [0.5, 0.6) is 0 Å². The van der Waals surface area contributed by atoms with Crippen molar-refractivity contribution >= 4 is 22.2 Å².